The number of hydrogen-bond acceptors (Lipinski definition) is 5. The lowest BCUT2D eigenvalue weighted by atomic mass is 9.94. The van der Waals surface area contributed by atoms with Crippen molar-refractivity contribution in [2.45, 2.75) is 30.1 Å². The maximum atomic E-state index is 13.1. The normalized spacial score (nSPS) is 15.9. The molecule has 3 aromatic carbocycles. The number of anilines is 1. The summed E-state index contributed by atoms with van der Waals surface area (Å²) in [6.45, 7) is 2.10. The van der Waals surface area contributed by atoms with Crippen molar-refractivity contribution in [3.8, 4) is 22.6 Å². The van der Waals surface area contributed by atoms with Crippen molar-refractivity contribution < 1.29 is 22.7 Å². The average Bonchev–Trinajstić information content (AvgIpc) is 3.44. The molecule has 0 unspecified atom stereocenters. The van der Waals surface area contributed by atoms with Gasteiger partial charge in [-0.15, -0.1) is 5.14 Å². The molecule has 0 bridgehead atoms. The van der Waals surface area contributed by atoms with E-state index in [1.807, 2.05) is 37.3 Å². The molecule has 1 fully saturated rings. The van der Waals surface area contributed by atoms with E-state index in [0.717, 1.165) is 29.5 Å². The van der Waals surface area contributed by atoms with E-state index in [9.17, 15) is 13.2 Å². The molecule has 0 spiro atoms. The Balaban J connectivity index is 1.38. The molecule has 7 nitrogen and oxygen atoms in total. The molecule has 0 aromatic heterocycles. The predicted octanol–water partition coefficient (Wildman–Crippen LogP) is 4.03. The fourth-order valence-corrected chi connectivity index (χ4v) is 4.65. The monoisotopic (exact) mass is 449 g/mol. The van der Waals surface area contributed by atoms with Crippen molar-refractivity contribution in [1.82, 2.24) is 5.14 Å². The molecule has 1 aliphatic carbocycles. The van der Waals surface area contributed by atoms with Gasteiger partial charge in [-0.25, -0.2) is 8.42 Å². The Kier molecular flexibility index (Phi) is 4.72. The quantitative estimate of drug-likeness (QED) is 0.633. The summed E-state index contributed by atoms with van der Waals surface area (Å²) < 4.78 is 33.9. The number of nitrogens with one attached hydrogen (secondary N) is 2. The first-order valence-electron chi connectivity index (χ1n) is 10.2. The minimum Gasteiger partial charge on any atom is -0.454 e. The molecule has 1 heterocycles. The van der Waals surface area contributed by atoms with Gasteiger partial charge >= 0.3 is 0 Å². The van der Waals surface area contributed by atoms with Gasteiger partial charge in [0.25, 0.3) is 10.0 Å². The summed E-state index contributed by atoms with van der Waals surface area (Å²) >= 11 is 0. The Morgan fingerprint density at radius 1 is 1.00 bits per heavy atom. The summed E-state index contributed by atoms with van der Waals surface area (Å²) in [5, 5.41) is 10.3. The highest BCUT2D eigenvalue weighted by Gasteiger charge is 2.51. The van der Waals surface area contributed by atoms with Gasteiger partial charge in [0, 0.05) is 5.69 Å². The molecular weight excluding hydrogens is 428 g/mol. The lowest BCUT2D eigenvalue weighted by Gasteiger charge is -2.17. The van der Waals surface area contributed by atoms with Gasteiger partial charge in [-0.1, -0.05) is 24.3 Å². The van der Waals surface area contributed by atoms with Crippen molar-refractivity contribution in [2.24, 2.45) is 0 Å². The van der Waals surface area contributed by atoms with Crippen LogP contribution in [0.25, 0.3) is 11.1 Å². The van der Waals surface area contributed by atoms with Crippen molar-refractivity contribution in [3.63, 3.8) is 0 Å². The van der Waals surface area contributed by atoms with Crippen LogP contribution in [-0.4, -0.2) is 21.1 Å². The van der Waals surface area contributed by atoms with E-state index in [2.05, 4.69) is 5.32 Å². The van der Waals surface area contributed by atoms with E-state index in [1.165, 1.54) is 12.1 Å². The Hall–Kier alpha value is -3.36. The van der Waals surface area contributed by atoms with Crippen LogP contribution in [0.5, 0.6) is 11.5 Å². The molecule has 0 saturated heterocycles. The standard InChI is InChI=1S/C24H21N2O5S/c1-15-11-18(6-7-20(15)16-3-2-4-19(12-16)32(25,28)29)26-23(27)24(9-10-24)17-5-8-21-22(13-17)31-14-30-21/h2-8,11-13,25H,9-10,14H2,1H3,(H,26,27). The molecule has 8 heteroatoms. The second-order valence-electron chi connectivity index (χ2n) is 8.17. The molecule has 32 heavy (non-hydrogen) atoms. The van der Waals surface area contributed by atoms with Gasteiger partial charge in [-0.05, 0) is 78.4 Å². The molecule has 1 aliphatic heterocycles. The third kappa shape index (κ3) is 3.61. The van der Waals surface area contributed by atoms with Crippen molar-refractivity contribution in [1.29, 1.82) is 0 Å². The number of sulfonamides is 1. The number of carbonyl (C=O) groups is 1. The summed E-state index contributed by atoms with van der Waals surface area (Å²) in [6.07, 6.45) is 1.54. The number of rotatable bonds is 5. The Morgan fingerprint density at radius 3 is 2.50 bits per heavy atom. The Bertz CT molecular complexity index is 1350. The third-order valence-corrected chi connectivity index (χ3v) is 6.92. The fourth-order valence-electron chi connectivity index (χ4n) is 4.11. The zero-order chi connectivity index (χ0) is 22.5. The number of amides is 1. The first-order chi connectivity index (χ1) is 15.3. The summed E-state index contributed by atoms with van der Waals surface area (Å²) in [4.78, 5) is 13.1. The highest BCUT2D eigenvalue weighted by Crippen LogP contribution is 2.51. The zero-order valence-electron chi connectivity index (χ0n) is 17.3. The maximum absolute atomic E-state index is 13.1. The van der Waals surface area contributed by atoms with Gasteiger partial charge in [-0.3, -0.25) is 4.79 Å². The molecule has 3 aromatic rings. The number of hydrogen-bond donors (Lipinski definition) is 1. The minimum absolute atomic E-state index is 0.0498. The van der Waals surface area contributed by atoms with E-state index in [-0.39, 0.29) is 17.6 Å². The largest absolute Gasteiger partial charge is 0.454 e. The molecule has 163 valence electrons. The number of fused-ring (bicyclic) bond motifs is 1. The molecule has 1 radical (unpaired) electrons. The van der Waals surface area contributed by atoms with Crippen LogP contribution in [0.3, 0.4) is 0 Å². The van der Waals surface area contributed by atoms with Crippen molar-refractivity contribution in [3.05, 3.63) is 71.8 Å². The summed E-state index contributed by atoms with van der Waals surface area (Å²) in [7, 11) is -4.03. The molecule has 1 saturated carbocycles. The number of benzene rings is 3. The van der Waals surface area contributed by atoms with Crippen LogP contribution in [-0.2, 0) is 20.2 Å². The van der Waals surface area contributed by atoms with Crippen LogP contribution in [0, 0.1) is 6.92 Å². The Labute approximate surface area is 186 Å². The Morgan fingerprint density at radius 2 is 1.78 bits per heavy atom. The van der Waals surface area contributed by atoms with E-state index in [0.29, 0.717) is 22.7 Å². The highest BCUT2D eigenvalue weighted by molar-refractivity contribution is 7.88. The van der Waals surface area contributed by atoms with Crippen LogP contribution in [0.2, 0.25) is 0 Å². The van der Waals surface area contributed by atoms with E-state index >= 15 is 0 Å². The van der Waals surface area contributed by atoms with Crippen LogP contribution >= 0.6 is 0 Å². The topological polar surface area (TPSA) is 106 Å². The number of aryl methyl sites for hydroxylation is 1. The zero-order valence-corrected chi connectivity index (χ0v) is 18.2. The molecule has 2 N–H and O–H groups in total. The smallest absolute Gasteiger partial charge is 0.254 e. The minimum atomic E-state index is -4.03. The average molecular weight is 450 g/mol. The van der Waals surface area contributed by atoms with Crippen LogP contribution in [0.15, 0.2) is 65.6 Å². The van der Waals surface area contributed by atoms with E-state index in [1.54, 1.807) is 18.2 Å². The summed E-state index contributed by atoms with van der Waals surface area (Å²) in [5.74, 6) is 1.29. The first kappa shape index (κ1) is 20.5. The molecule has 1 amide bonds. The molecular formula is C24H21N2O5S. The summed E-state index contributed by atoms with van der Waals surface area (Å²) in [5.41, 5.74) is 3.45. The SMILES string of the molecule is Cc1cc(NC(=O)C2(c3ccc4c(c3)OCO4)CC2)ccc1-c1cccc(S([NH])(=O)=O)c1. The summed E-state index contributed by atoms with van der Waals surface area (Å²) in [6, 6.07) is 17.5. The number of carbonyl (C=O) groups excluding carboxylic acids is 1. The van der Waals surface area contributed by atoms with Gasteiger partial charge in [0.05, 0.1) is 10.3 Å². The molecule has 5 rings (SSSR count). The van der Waals surface area contributed by atoms with Gasteiger partial charge < -0.3 is 14.8 Å². The number of ether oxygens (including phenoxy) is 2. The second kappa shape index (κ2) is 7.36. The molecule has 0 atom stereocenters. The van der Waals surface area contributed by atoms with Crippen molar-refractivity contribution >= 4 is 21.6 Å². The van der Waals surface area contributed by atoms with Gasteiger partial charge in [0.1, 0.15) is 0 Å². The van der Waals surface area contributed by atoms with E-state index in [4.69, 9.17) is 14.6 Å². The lowest BCUT2D eigenvalue weighted by Crippen LogP contribution is -2.27. The van der Waals surface area contributed by atoms with Crippen LogP contribution in [0.4, 0.5) is 5.69 Å². The van der Waals surface area contributed by atoms with Gasteiger partial charge in [0.2, 0.25) is 12.7 Å². The van der Waals surface area contributed by atoms with Crippen molar-refractivity contribution in [2.75, 3.05) is 12.1 Å². The van der Waals surface area contributed by atoms with Crippen LogP contribution in [0.1, 0.15) is 24.0 Å². The first-order valence-corrected chi connectivity index (χ1v) is 11.7. The third-order valence-electron chi connectivity index (χ3n) is 6.05. The fraction of sp³-hybridized carbons (Fsp3) is 0.208. The predicted molar refractivity (Wildman–Crippen MR) is 119 cm³/mol. The lowest BCUT2D eigenvalue weighted by molar-refractivity contribution is -0.118. The second-order valence-corrected chi connectivity index (χ2v) is 9.64. The van der Waals surface area contributed by atoms with Gasteiger partial charge in [-0.2, -0.15) is 0 Å². The van der Waals surface area contributed by atoms with Gasteiger partial charge in [0.15, 0.2) is 11.5 Å². The maximum Gasteiger partial charge on any atom is 0.254 e. The molecule has 2 aliphatic rings. The highest BCUT2D eigenvalue weighted by atomic mass is 32.2. The van der Waals surface area contributed by atoms with Crippen LogP contribution < -0.4 is 19.9 Å². The van der Waals surface area contributed by atoms with E-state index < -0.39 is 15.4 Å².